The van der Waals surface area contributed by atoms with Crippen molar-refractivity contribution in [2.75, 3.05) is 6.54 Å². The molecule has 1 atom stereocenters. The quantitative estimate of drug-likeness (QED) is 0.838. The first kappa shape index (κ1) is 12.6. The van der Waals surface area contributed by atoms with E-state index in [1.807, 2.05) is 11.3 Å². The van der Waals surface area contributed by atoms with Gasteiger partial charge in [-0.3, -0.25) is 0 Å². The lowest BCUT2D eigenvalue weighted by atomic mass is 10.1. The third-order valence-electron chi connectivity index (χ3n) is 3.11. The molecule has 0 saturated heterocycles. The van der Waals surface area contributed by atoms with Crippen molar-refractivity contribution in [3.05, 3.63) is 34.7 Å². The third kappa shape index (κ3) is 2.70. The Kier molecular flexibility index (Phi) is 3.85. The van der Waals surface area contributed by atoms with Crippen molar-refractivity contribution in [3.63, 3.8) is 0 Å². The summed E-state index contributed by atoms with van der Waals surface area (Å²) in [5.41, 5.74) is 1.44. The summed E-state index contributed by atoms with van der Waals surface area (Å²) in [6, 6.07) is 9.13. The van der Waals surface area contributed by atoms with Gasteiger partial charge in [0.05, 0.1) is 0 Å². The molecule has 1 aromatic heterocycles. The average Bonchev–Trinajstić information content (AvgIpc) is 2.64. The fourth-order valence-corrected chi connectivity index (χ4v) is 3.35. The van der Waals surface area contributed by atoms with Gasteiger partial charge in [-0.05, 0) is 43.3 Å². The number of hydrogen-bond donors (Lipinski definition) is 1. The first-order valence-corrected chi connectivity index (χ1v) is 7.12. The van der Waals surface area contributed by atoms with E-state index in [0.717, 1.165) is 6.54 Å². The largest absolute Gasteiger partial charge is 0.309 e. The highest BCUT2D eigenvalue weighted by Gasteiger charge is 2.13. The second kappa shape index (κ2) is 5.19. The van der Waals surface area contributed by atoms with Crippen molar-refractivity contribution in [2.45, 2.75) is 33.7 Å². The molecule has 0 radical (unpaired) electrons. The van der Waals surface area contributed by atoms with Crippen molar-refractivity contribution in [1.29, 1.82) is 0 Å². The molecule has 1 nitrogen and oxygen atoms in total. The summed E-state index contributed by atoms with van der Waals surface area (Å²) in [7, 11) is 0. The van der Waals surface area contributed by atoms with Crippen LogP contribution in [-0.2, 0) is 0 Å². The van der Waals surface area contributed by atoms with Gasteiger partial charge in [0.1, 0.15) is 0 Å². The molecule has 0 bridgehead atoms. The molecule has 1 heterocycles. The van der Waals surface area contributed by atoms with E-state index in [0.29, 0.717) is 12.0 Å². The first-order valence-electron chi connectivity index (χ1n) is 6.31. The normalized spacial score (nSPS) is 13.5. The zero-order valence-electron chi connectivity index (χ0n) is 11.1. The van der Waals surface area contributed by atoms with Crippen molar-refractivity contribution in [3.8, 4) is 0 Å². The lowest BCUT2D eigenvalue weighted by Crippen LogP contribution is -2.22. The molecule has 0 saturated carbocycles. The van der Waals surface area contributed by atoms with Gasteiger partial charge in [-0.2, -0.15) is 0 Å². The predicted octanol–water partition coefficient (Wildman–Crippen LogP) is 4.52. The van der Waals surface area contributed by atoms with Crippen LogP contribution in [0, 0.1) is 12.8 Å². The molecule has 2 rings (SSSR count). The highest BCUT2D eigenvalue weighted by molar-refractivity contribution is 7.19. The van der Waals surface area contributed by atoms with Crippen LogP contribution >= 0.6 is 11.3 Å². The minimum absolute atomic E-state index is 0.454. The maximum Gasteiger partial charge on any atom is 0.0389 e. The van der Waals surface area contributed by atoms with Gasteiger partial charge in [0.25, 0.3) is 0 Å². The molecule has 0 aliphatic heterocycles. The van der Waals surface area contributed by atoms with Gasteiger partial charge in [0.15, 0.2) is 0 Å². The van der Waals surface area contributed by atoms with Gasteiger partial charge in [0, 0.05) is 15.6 Å². The molecule has 0 aliphatic carbocycles. The molecular weight excluding hydrogens is 226 g/mol. The molecular formula is C15H21NS. The smallest absolute Gasteiger partial charge is 0.0389 e. The first-order chi connectivity index (χ1) is 8.09. The molecule has 1 unspecified atom stereocenters. The molecule has 0 aliphatic rings. The second-order valence-corrected chi connectivity index (χ2v) is 6.20. The van der Waals surface area contributed by atoms with E-state index in [1.165, 1.54) is 20.5 Å². The summed E-state index contributed by atoms with van der Waals surface area (Å²) >= 11 is 1.92. The molecule has 17 heavy (non-hydrogen) atoms. The number of fused-ring (bicyclic) bond motifs is 1. The number of benzene rings is 1. The van der Waals surface area contributed by atoms with Gasteiger partial charge in [-0.1, -0.05) is 32.0 Å². The Balaban J connectivity index is 2.26. The van der Waals surface area contributed by atoms with Crippen molar-refractivity contribution < 1.29 is 0 Å². The van der Waals surface area contributed by atoms with Crippen LogP contribution in [0.4, 0.5) is 0 Å². The van der Waals surface area contributed by atoms with Gasteiger partial charge in [-0.15, -0.1) is 11.3 Å². The molecule has 1 aromatic carbocycles. The predicted molar refractivity (Wildman–Crippen MR) is 77.8 cm³/mol. The highest BCUT2D eigenvalue weighted by Crippen LogP contribution is 2.34. The van der Waals surface area contributed by atoms with E-state index in [9.17, 15) is 0 Å². The molecule has 1 N–H and O–H groups in total. The third-order valence-corrected chi connectivity index (χ3v) is 4.56. The Labute approximate surface area is 108 Å². The zero-order valence-corrected chi connectivity index (χ0v) is 11.9. The van der Waals surface area contributed by atoms with Crippen LogP contribution in [-0.4, -0.2) is 6.54 Å². The van der Waals surface area contributed by atoms with Crippen LogP contribution < -0.4 is 5.32 Å². The monoisotopic (exact) mass is 247 g/mol. The van der Waals surface area contributed by atoms with Crippen LogP contribution in [0.15, 0.2) is 24.3 Å². The highest BCUT2D eigenvalue weighted by atomic mass is 32.1. The van der Waals surface area contributed by atoms with Crippen molar-refractivity contribution in [1.82, 2.24) is 5.32 Å². The summed E-state index contributed by atoms with van der Waals surface area (Å²) in [6.07, 6.45) is 0. The summed E-state index contributed by atoms with van der Waals surface area (Å²) in [4.78, 5) is 1.48. The number of aryl methyl sites for hydroxylation is 1. The Morgan fingerprint density at radius 3 is 2.53 bits per heavy atom. The molecule has 2 heteroatoms. The number of nitrogens with one attached hydrogen (secondary N) is 1. The standard InChI is InChI=1S/C15H21NS/c1-10(2)9-16-12(4)15-11(3)13-7-5-6-8-14(13)17-15/h5-8,10,12,16H,9H2,1-4H3. The molecule has 92 valence electrons. The number of rotatable bonds is 4. The van der Waals surface area contributed by atoms with Crippen LogP contribution in [0.3, 0.4) is 0 Å². The minimum atomic E-state index is 0.454. The second-order valence-electron chi connectivity index (χ2n) is 5.11. The summed E-state index contributed by atoms with van der Waals surface area (Å²) < 4.78 is 1.40. The molecule has 2 aromatic rings. The number of thiophene rings is 1. The Morgan fingerprint density at radius 1 is 1.18 bits per heavy atom. The van der Waals surface area contributed by atoms with E-state index in [1.54, 1.807) is 0 Å². The van der Waals surface area contributed by atoms with E-state index in [4.69, 9.17) is 0 Å². The van der Waals surface area contributed by atoms with Crippen molar-refractivity contribution >= 4 is 21.4 Å². The summed E-state index contributed by atoms with van der Waals surface area (Å²) in [5.74, 6) is 0.701. The van der Waals surface area contributed by atoms with Gasteiger partial charge in [-0.25, -0.2) is 0 Å². The van der Waals surface area contributed by atoms with Gasteiger partial charge >= 0.3 is 0 Å². The average molecular weight is 247 g/mol. The molecule has 0 spiro atoms. The Morgan fingerprint density at radius 2 is 1.88 bits per heavy atom. The van der Waals surface area contributed by atoms with E-state index in [2.05, 4.69) is 57.3 Å². The van der Waals surface area contributed by atoms with Crippen LogP contribution in [0.1, 0.15) is 37.3 Å². The Bertz CT molecular complexity index is 499. The SMILES string of the molecule is Cc1c(C(C)NCC(C)C)sc2ccccc12. The summed E-state index contributed by atoms with van der Waals surface area (Å²) in [6.45, 7) is 10.1. The lowest BCUT2D eigenvalue weighted by molar-refractivity contribution is 0.500. The van der Waals surface area contributed by atoms with Gasteiger partial charge in [0.2, 0.25) is 0 Å². The fourth-order valence-electron chi connectivity index (χ4n) is 2.11. The van der Waals surface area contributed by atoms with E-state index in [-0.39, 0.29) is 0 Å². The summed E-state index contributed by atoms with van der Waals surface area (Å²) in [5, 5.41) is 5.02. The maximum atomic E-state index is 3.61. The minimum Gasteiger partial charge on any atom is -0.309 e. The van der Waals surface area contributed by atoms with E-state index >= 15 is 0 Å². The lowest BCUT2D eigenvalue weighted by Gasteiger charge is -2.15. The zero-order chi connectivity index (χ0) is 12.4. The van der Waals surface area contributed by atoms with E-state index < -0.39 is 0 Å². The number of hydrogen-bond acceptors (Lipinski definition) is 2. The molecule has 0 amide bonds. The Hall–Kier alpha value is -0.860. The fraction of sp³-hybridized carbons (Fsp3) is 0.467. The van der Waals surface area contributed by atoms with Crippen molar-refractivity contribution in [2.24, 2.45) is 5.92 Å². The van der Waals surface area contributed by atoms with Crippen LogP contribution in [0.5, 0.6) is 0 Å². The van der Waals surface area contributed by atoms with Crippen LogP contribution in [0.2, 0.25) is 0 Å². The van der Waals surface area contributed by atoms with Crippen LogP contribution in [0.25, 0.3) is 10.1 Å². The topological polar surface area (TPSA) is 12.0 Å². The maximum absolute atomic E-state index is 3.61. The molecule has 0 fully saturated rings. The van der Waals surface area contributed by atoms with Gasteiger partial charge < -0.3 is 5.32 Å².